The molecule has 0 aliphatic carbocycles. The van der Waals surface area contributed by atoms with Crippen molar-refractivity contribution in [2.24, 2.45) is 0 Å². The van der Waals surface area contributed by atoms with Crippen LogP contribution in [0, 0.1) is 4.77 Å². The van der Waals surface area contributed by atoms with Crippen molar-refractivity contribution in [1.82, 2.24) is 9.55 Å². The third kappa shape index (κ3) is 2.29. The Balaban J connectivity index is 2.43. The SMILES string of the molecule is COC(=O)CCn1c(=S)[nH]c2sccc2c1=O. The van der Waals surface area contributed by atoms with Crippen LogP contribution in [-0.4, -0.2) is 22.6 Å². The summed E-state index contributed by atoms with van der Waals surface area (Å²) in [5.41, 5.74) is -0.172. The number of rotatable bonds is 3. The monoisotopic (exact) mass is 270 g/mol. The van der Waals surface area contributed by atoms with Gasteiger partial charge < -0.3 is 9.72 Å². The van der Waals surface area contributed by atoms with Gasteiger partial charge in [0.15, 0.2) is 4.77 Å². The van der Waals surface area contributed by atoms with Gasteiger partial charge in [-0.2, -0.15) is 0 Å². The summed E-state index contributed by atoms with van der Waals surface area (Å²) in [5.74, 6) is -0.364. The number of thiophene rings is 1. The van der Waals surface area contributed by atoms with Gasteiger partial charge in [0.05, 0.1) is 18.9 Å². The maximum absolute atomic E-state index is 12.0. The van der Waals surface area contributed by atoms with Crippen LogP contribution in [-0.2, 0) is 16.1 Å². The van der Waals surface area contributed by atoms with Crippen molar-refractivity contribution < 1.29 is 9.53 Å². The van der Waals surface area contributed by atoms with E-state index in [2.05, 4.69) is 9.72 Å². The molecule has 2 rings (SSSR count). The van der Waals surface area contributed by atoms with Gasteiger partial charge in [-0.15, -0.1) is 11.3 Å². The van der Waals surface area contributed by atoms with Crippen molar-refractivity contribution in [1.29, 1.82) is 0 Å². The first-order valence-corrected chi connectivity index (χ1v) is 6.19. The van der Waals surface area contributed by atoms with E-state index in [4.69, 9.17) is 12.2 Å². The Hall–Kier alpha value is -1.47. The van der Waals surface area contributed by atoms with Crippen LogP contribution in [0.3, 0.4) is 0 Å². The molecule has 0 unspecified atom stereocenters. The molecule has 90 valence electrons. The average Bonchev–Trinajstić information content (AvgIpc) is 2.76. The summed E-state index contributed by atoms with van der Waals surface area (Å²) in [6.07, 6.45) is 0.129. The second kappa shape index (κ2) is 4.80. The molecule has 0 aliphatic rings. The molecule has 2 aromatic rings. The van der Waals surface area contributed by atoms with Crippen molar-refractivity contribution in [2.45, 2.75) is 13.0 Å². The maximum Gasteiger partial charge on any atom is 0.307 e. The number of methoxy groups -OCH3 is 1. The lowest BCUT2D eigenvalue weighted by atomic mass is 10.4. The fraction of sp³-hybridized carbons (Fsp3) is 0.300. The lowest BCUT2D eigenvalue weighted by Gasteiger charge is -2.05. The van der Waals surface area contributed by atoms with Gasteiger partial charge in [0.25, 0.3) is 5.56 Å². The number of ether oxygens (including phenoxy) is 1. The van der Waals surface area contributed by atoms with Crippen LogP contribution in [0.4, 0.5) is 0 Å². The van der Waals surface area contributed by atoms with E-state index < -0.39 is 0 Å². The molecular formula is C10H10N2O3S2. The fourth-order valence-electron chi connectivity index (χ4n) is 1.48. The third-order valence-corrected chi connectivity index (χ3v) is 3.53. The van der Waals surface area contributed by atoms with E-state index in [0.29, 0.717) is 10.2 Å². The van der Waals surface area contributed by atoms with Crippen LogP contribution in [0.1, 0.15) is 6.42 Å². The summed E-state index contributed by atoms with van der Waals surface area (Å²) in [6, 6.07) is 1.74. The zero-order valence-electron chi connectivity index (χ0n) is 9.06. The van der Waals surface area contributed by atoms with Crippen LogP contribution < -0.4 is 5.56 Å². The summed E-state index contributed by atoms with van der Waals surface area (Å²) >= 11 is 6.51. The number of hydrogen-bond acceptors (Lipinski definition) is 5. The molecule has 0 bridgehead atoms. The minimum atomic E-state index is -0.364. The summed E-state index contributed by atoms with van der Waals surface area (Å²) in [7, 11) is 1.31. The Bertz CT molecular complexity index is 668. The van der Waals surface area contributed by atoms with E-state index in [-0.39, 0.29) is 24.5 Å². The molecule has 1 N–H and O–H groups in total. The molecule has 0 atom stereocenters. The van der Waals surface area contributed by atoms with Crippen LogP contribution >= 0.6 is 23.6 Å². The van der Waals surface area contributed by atoms with Crippen LogP contribution in [0.2, 0.25) is 0 Å². The number of hydrogen-bond donors (Lipinski definition) is 1. The molecule has 0 spiro atoms. The minimum Gasteiger partial charge on any atom is -0.469 e. The standard InChI is InChI=1S/C10H10N2O3S2/c1-15-7(13)2-4-12-9(14)6-3-5-17-8(6)11-10(12)16/h3,5H,2,4H2,1H3,(H,11,16). The fourth-order valence-corrected chi connectivity index (χ4v) is 2.60. The lowest BCUT2D eigenvalue weighted by Crippen LogP contribution is -2.23. The van der Waals surface area contributed by atoms with Gasteiger partial charge in [0.2, 0.25) is 0 Å². The van der Waals surface area contributed by atoms with Gasteiger partial charge in [0.1, 0.15) is 4.83 Å². The number of nitrogens with zero attached hydrogens (tertiary/aromatic N) is 1. The van der Waals surface area contributed by atoms with Crippen molar-refractivity contribution in [3.05, 3.63) is 26.6 Å². The molecule has 2 heterocycles. The van der Waals surface area contributed by atoms with Gasteiger partial charge in [0, 0.05) is 6.54 Å². The molecule has 0 saturated carbocycles. The molecule has 0 aliphatic heterocycles. The van der Waals surface area contributed by atoms with Crippen molar-refractivity contribution >= 4 is 39.7 Å². The second-order valence-corrected chi connectivity index (χ2v) is 4.68. The molecule has 0 fully saturated rings. The Morgan fingerprint density at radius 3 is 3.12 bits per heavy atom. The Morgan fingerprint density at radius 2 is 2.41 bits per heavy atom. The van der Waals surface area contributed by atoms with Crippen LogP contribution in [0.15, 0.2) is 16.2 Å². The smallest absolute Gasteiger partial charge is 0.307 e. The quantitative estimate of drug-likeness (QED) is 0.681. The molecule has 17 heavy (non-hydrogen) atoms. The molecule has 0 amide bonds. The number of H-pyrrole nitrogens is 1. The van der Waals surface area contributed by atoms with E-state index in [9.17, 15) is 9.59 Å². The van der Waals surface area contributed by atoms with Gasteiger partial charge >= 0.3 is 5.97 Å². The number of aromatic nitrogens is 2. The number of fused-ring (bicyclic) bond motifs is 1. The van der Waals surface area contributed by atoms with Gasteiger partial charge in [-0.3, -0.25) is 14.2 Å². The highest BCUT2D eigenvalue weighted by Gasteiger charge is 2.08. The zero-order valence-corrected chi connectivity index (χ0v) is 10.7. The highest BCUT2D eigenvalue weighted by Crippen LogP contribution is 2.14. The van der Waals surface area contributed by atoms with Crippen LogP contribution in [0.5, 0.6) is 0 Å². The van der Waals surface area contributed by atoms with E-state index >= 15 is 0 Å². The first kappa shape index (κ1) is 12.0. The minimum absolute atomic E-state index is 0.129. The molecule has 2 aromatic heterocycles. The van der Waals surface area contributed by atoms with Crippen molar-refractivity contribution in [2.75, 3.05) is 7.11 Å². The highest BCUT2D eigenvalue weighted by atomic mass is 32.1. The maximum atomic E-state index is 12.0. The van der Waals surface area contributed by atoms with E-state index in [1.165, 1.54) is 23.0 Å². The summed E-state index contributed by atoms with van der Waals surface area (Å²) in [6.45, 7) is 0.229. The number of carbonyl (C=O) groups is 1. The summed E-state index contributed by atoms with van der Waals surface area (Å²) in [4.78, 5) is 26.8. The summed E-state index contributed by atoms with van der Waals surface area (Å²) < 4.78 is 6.23. The van der Waals surface area contributed by atoms with Gasteiger partial charge in [-0.1, -0.05) is 0 Å². The predicted octanol–water partition coefficient (Wildman–Crippen LogP) is 1.68. The molecule has 0 radical (unpaired) electrons. The van der Waals surface area contributed by atoms with E-state index in [0.717, 1.165) is 4.83 Å². The Labute approximate surface area is 106 Å². The molecule has 0 saturated heterocycles. The molecular weight excluding hydrogens is 260 g/mol. The van der Waals surface area contributed by atoms with E-state index in [1.807, 2.05) is 5.38 Å². The Morgan fingerprint density at radius 1 is 1.65 bits per heavy atom. The number of esters is 1. The van der Waals surface area contributed by atoms with Crippen molar-refractivity contribution in [3.8, 4) is 0 Å². The molecule has 5 nitrogen and oxygen atoms in total. The molecule has 7 heteroatoms. The van der Waals surface area contributed by atoms with Gasteiger partial charge in [-0.05, 0) is 23.7 Å². The summed E-state index contributed by atoms with van der Waals surface area (Å²) in [5, 5.41) is 2.41. The topological polar surface area (TPSA) is 64.1 Å². The predicted molar refractivity (Wildman–Crippen MR) is 67.9 cm³/mol. The first-order valence-electron chi connectivity index (χ1n) is 4.90. The average molecular weight is 270 g/mol. The van der Waals surface area contributed by atoms with Gasteiger partial charge in [-0.25, -0.2) is 0 Å². The van der Waals surface area contributed by atoms with E-state index in [1.54, 1.807) is 6.07 Å². The number of aromatic amines is 1. The number of carbonyl (C=O) groups excluding carboxylic acids is 1. The first-order chi connectivity index (χ1) is 8.13. The molecule has 0 aromatic carbocycles. The van der Waals surface area contributed by atoms with Crippen LogP contribution in [0.25, 0.3) is 10.2 Å². The largest absolute Gasteiger partial charge is 0.469 e. The lowest BCUT2D eigenvalue weighted by molar-refractivity contribution is -0.140. The zero-order chi connectivity index (χ0) is 12.4. The number of nitrogens with one attached hydrogen (secondary N) is 1. The Kier molecular flexibility index (Phi) is 3.39. The third-order valence-electron chi connectivity index (χ3n) is 2.37. The second-order valence-electron chi connectivity index (χ2n) is 3.38. The highest BCUT2D eigenvalue weighted by molar-refractivity contribution is 7.71. The van der Waals surface area contributed by atoms with Crippen molar-refractivity contribution in [3.63, 3.8) is 0 Å². The normalized spacial score (nSPS) is 10.6.